The van der Waals surface area contributed by atoms with Gasteiger partial charge in [0.05, 0.1) is 17.8 Å². The summed E-state index contributed by atoms with van der Waals surface area (Å²) in [5.74, 6) is -1.28. The molecule has 0 aromatic heterocycles. The molecule has 7 nitrogen and oxygen atoms in total. The largest absolute Gasteiger partial charge is 0.462 e. The lowest BCUT2D eigenvalue weighted by molar-refractivity contribution is -0.266. The fourth-order valence-electron chi connectivity index (χ4n) is 7.52. The molecular weight excluding hydrogens is 400 g/mol. The number of hydrogen-bond acceptors (Lipinski definition) is 7. The van der Waals surface area contributed by atoms with Crippen molar-refractivity contribution in [2.45, 2.75) is 103 Å². The number of carbonyl (C=O) groups is 2. The van der Waals surface area contributed by atoms with E-state index in [1.807, 2.05) is 27.7 Å². The van der Waals surface area contributed by atoms with Crippen LogP contribution in [0.5, 0.6) is 0 Å². The average molecular weight is 439 g/mol. The molecule has 2 aliphatic heterocycles. The fraction of sp³-hybridized carbons (Fsp3) is 0.917. The van der Waals surface area contributed by atoms with Crippen LogP contribution in [0.15, 0.2) is 0 Å². The first-order chi connectivity index (χ1) is 14.4. The predicted molar refractivity (Wildman–Crippen MR) is 112 cm³/mol. The molecule has 4 fully saturated rings. The molecule has 7 heteroatoms. The Morgan fingerprint density at radius 1 is 1.23 bits per heavy atom. The van der Waals surface area contributed by atoms with Gasteiger partial charge in [-0.15, -0.1) is 0 Å². The fourth-order valence-corrected chi connectivity index (χ4v) is 7.52. The predicted octanol–water partition coefficient (Wildman–Crippen LogP) is 3.01. The van der Waals surface area contributed by atoms with E-state index >= 15 is 0 Å². The summed E-state index contributed by atoms with van der Waals surface area (Å²) in [6.07, 6.45) is 1.88. The molecule has 2 saturated carbocycles. The van der Waals surface area contributed by atoms with Gasteiger partial charge in [-0.3, -0.25) is 9.59 Å². The van der Waals surface area contributed by atoms with Crippen LogP contribution in [0.25, 0.3) is 0 Å². The Hall–Kier alpha value is -1.02. The number of hydrogen-bond donors (Lipinski definition) is 1. The van der Waals surface area contributed by atoms with Crippen LogP contribution in [0.3, 0.4) is 0 Å². The molecule has 4 rings (SSSR count). The molecule has 0 aromatic rings. The summed E-state index contributed by atoms with van der Waals surface area (Å²) in [6.45, 7) is 12.5. The average Bonchev–Trinajstić information content (AvgIpc) is 3.26. The number of aliphatic hydroxyl groups is 1. The van der Waals surface area contributed by atoms with Crippen molar-refractivity contribution in [1.82, 2.24) is 0 Å². The number of aliphatic hydroxyl groups excluding tert-OH is 1. The molecule has 0 radical (unpaired) electrons. The molecule has 2 heterocycles. The van der Waals surface area contributed by atoms with E-state index in [0.29, 0.717) is 32.5 Å². The van der Waals surface area contributed by atoms with E-state index in [-0.39, 0.29) is 30.1 Å². The zero-order valence-electron chi connectivity index (χ0n) is 19.7. The number of ether oxygens (including phenoxy) is 4. The van der Waals surface area contributed by atoms with Gasteiger partial charge in [0.15, 0.2) is 12.1 Å². The molecule has 2 spiro atoms. The Balaban J connectivity index is 1.71. The molecule has 8 atom stereocenters. The van der Waals surface area contributed by atoms with Crippen molar-refractivity contribution in [2.24, 2.45) is 22.7 Å². The number of Topliss-reactive ketones (excluding diaryl/α,β-unsaturated/α-hetero) is 1. The monoisotopic (exact) mass is 438 g/mol. The summed E-state index contributed by atoms with van der Waals surface area (Å²) in [5.41, 5.74) is -2.17. The van der Waals surface area contributed by atoms with Crippen LogP contribution in [0, 0.1) is 22.7 Å². The molecule has 0 amide bonds. The van der Waals surface area contributed by atoms with Crippen LogP contribution in [-0.2, 0) is 28.5 Å². The van der Waals surface area contributed by atoms with Gasteiger partial charge in [-0.1, -0.05) is 27.7 Å². The Kier molecular flexibility index (Phi) is 5.60. The number of ketones is 1. The van der Waals surface area contributed by atoms with Gasteiger partial charge in [-0.2, -0.15) is 0 Å². The maximum atomic E-state index is 13.5. The van der Waals surface area contributed by atoms with Gasteiger partial charge in [-0.05, 0) is 32.6 Å². The number of fused-ring (bicyclic) bond motifs is 2. The minimum atomic E-state index is -1.10. The van der Waals surface area contributed by atoms with E-state index < -0.39 is 34.1 Å². The zero-order valence-corrected chi connectivity index (χ0v) is 19.7. The molecule has 4 aliphatic rings. The van der Waals surface area contributed by atoms with Gasteiger partial charge in [0.25, 0.3) is 0 Å². The Bertz CT molecular complexity index is 750. The second kappa shape index (κ2) is 7.51. The van der Waals surface area contributed by atoms with Gasteiger partial charge < -0.3 is 24.1 Å². The third-order valence-corrected chi connectivity index (χ3v) is 8.97. The number of esters is 1. The second-order valence-electron chi connectivity index (χ2n) is 11.0. The van der Waals surface area contributed by atoms with E-state index in [2.05, 4.69) is 6.92 Å². The highest BCUT2D eigenvalue weighted by atomic mass is 16.7. The van der Waals surface area contributed by atoms with Crippen molar-refractivity contribution in [3.8, 4) is 0 Å². The van der Waals surface area contributed by atoms with Crippen molar-refractivity contribution in [3.05, 3.63) is 0 Å². The smallest absolute Gasteiger partial charge is 0.302 e. The SMILES string of the molecule is CCOC1CC2(CCC3(O2)C(C)C(O)C(=O)C2C(C)(C)C(OC(C)=O)CCC23C)CO1. The van der Waals surface area contributed by atoms with Crippen LogP contribution in [-0.4, -0.2) is 59.8 Å². The van der Waals surface area contributed by atoms with Crippen molar-refractivity contribution >= 4 is 11.8 Å². The first-order valence-corrected chi connectivity index (χ1v) is 11.7. The van der Waals surface area contributed by atoms with Crippen molar-refractivity contribution < 1.29 is 33.6 Å². The first kappa shape index (κ1) is 23.1. The molecule has 2 aliphatic carbocycles. The highest BCUT2D eigenvalue weighted by Gasteiger charge is 2.73. The summed E-state index contributed by atoms with van der Waals surface area (Å²) < 4.78 is 24.2. The minimum absolute atomic E-state index is 0.151. The third-order valence-electron chi connectivity index (χ3n) is 8.97. The van der Waals surface area contributed by atoms with Crippen molar-refractivity contribution in [1.29, 1.82) is 0 Å². The standard InChI is InChI=1S/C24H38O7/c1-7-28-17-12-23(13-29-17)10-11-24(31-23)14(2)18(26)19(27)20-21(4,5)16(30-15(3)25)8-9-22(20,24)6/h14,16-18,20,26H,7-13H2,1-6H3. The van der Waals surface area contributed by atoms with E-state index in [9.17, 15) is 14.7 Å². The molecule has 1 N–H and O–H groups in total. The summed E-state index contributed by atoms with van der Waals surface area (Å²) in [6, 6.07) is 0. The van der Waals surface area contributed by atoms with E-state index in [0.717, 1.165) is 12.8 Å². The highest BCUT2D eigenvalue weighted by Crippen LogP contribution is 2.67. The van der Waals surface area contributed by atoms with Crippen LogP contribution in [0.1, 0.15) is 73.6 Å². The molecule has 2 saturated heterocycles. The summed E-state index contributed by atoms with van der Waals surface area (Å²) >= 11 is 0. The van der Waals surface area contributed by atoms with Crippen molar-refractivity contribution in [2.75, 3.05) is 13.2 Å². The lowest BCUT2D eigenvalue weighted by atomic mass is 9.43. The van der Waals surface area contributed by atoms with Gasteiger partial charge in [0.2, 0.25) is 0 Å². The summed E-state index contributed by atoms with van der Waals surface area (Å²) in [7, 11) is 0. The maximum Gasteiger partial charge on any atom is 0.302 e. The number of carbonyl (C=O) groups excluding carboxylic acids is 2. The second-order valence-corrected chi connectivity index (χ2v) is 11.0. The lowest BCUT2D eigenvalue weighted by Crippen LogP contribution is -2.71. The van der Waals surface area contributed by atoms with E-state index in [1.165, 1.54) is 6.92 Å². The topological polar surface area (TPSA) is 91.3 Å². The van der Waals surface area contributed by atoms with Crippen LogP contribution >= 0.6 is 0 Å². The van der Waals surface area contributed by atoms with Gasteiger partial charge >= 0.3 is 5.97 Å². The van der Waals surface area contributed by atoms with Gasteiger partial charge in [0, 0.05) is 42.6 Å². The minimum Gasteiger partial charge on any atom is -0.462 e. The highest BCUT2D eigenvalue weighted by molar-refractivity contribution is 5.89. The molecule has 31 heavy (non-hydrogen) atoms. The quantitative estimate of drug-likeness (QED) is 0.677. The van der Waals surface area contributed by atoms with E-state index in [1.54, 1.807) is 0 Å². The van der Waals surface area contributed by atoms with Crippen molar-refractivity contribution in [3.63, 3.8) is 0 Å². The first-order valence-electron chi connectivity index (χ1n) is 11.7. The molecule has 0 aromatic carbocycles. The van der Waals surface area contributed by atoms with Crippen LogP contribution in [0.4, 0.5) is 0 Å². The molecule has 0 bridgehead atoms. The normalized spacial score (nSPS) is 48.9. The van der Waals surface area contributed by atoms with Gasteiger partial charge in [-0.25, -0.2) is 0 Å². The lowest BCUT2D eigenvalue weighted by Gasteiger charge is -2.64. The molecule has 176 valence electrons. The Labute approximate surface area is 185 Å². The Morgan fingerprint density at radius 2 is 1.94 bits per heavy atom. The molecule has 8 unspecified atom stereocenters. The third kappa shape index (κ3) is 3.22. The Morgan fingerprint density at radius 3 is 2.58 bits per heavy atom. The maximum absolute atomic E-state index is 13.5. The summed E-state index contributed by atoms with van der Waals surface area (Å²) in [5, 5.41) is 11.1. The van der Waals surface area contributed by atoms with Gasteiger partial charge in [0.1, 0.15) is 12.2 Å². The van der Waals surface area contributed by atoms with Crippen LogP contribution in [0.2, 0.25) is 0 Å². The summed E-state index contributed by atoms with van der Waals surface area (Å²) in [4.78, 5) is 25.3. The molecular formula is C24H38O7. The van der Waals surface area contributed by atoms with Crippen LogP contribution < -0.4 is 0 Å². The van der Waals surface area contributed by atoms with E-state index in [4.69, 9.17) is 18.9 Å². The zero-order chi connectivity index (χ0) is 22.8. The number of rotatable bonds is 3.